The van der Waals surface area contributed by atoms with Gasteiger partial charge in [-0.1, -0.05) is 0 Å². The van der Waals surface area contributed by atoms with E-state index in [9.17, 15) is 22.0 Å². The van der Waals surface area contributed by atoms with Crippen LogP contribution in [0.2, 0.25) is 0 Å². The summed E-state index contributed by atoms with van der Waals surface area (Å²) < 4.78 is 62.2. The Morgan fingerprint density at radius 2 is 1.94 bits per heavy atom. The predicted molar refractivity (Wildman–Crippen MR) is 48.2 cm³/mol. The van der Waals surface area contributed by atoms with E-state index in [1.165, 1.54) is 0 Å². The van der Waals surface area contributed by atoms with Gasteiger partial charge < -0.3 is 5.73 Å². The van der Waals surface area contributed by atoms with Crippen molar-refractivity contribution in [2.24, 2.45) is 0 Å². The number of nitrogens with zero attached hydrogens (tertiary/aromatic N) is 1. The lowest BCUT2D eigenvalue weighted by molar-refractivity contribution is -0.143. The van der Waals surface area contributed by atoms with Gasteiger partial charge in [0.15, 0.2) is 5.69 Å². The monoisotopic (exact) mass is 260 g/mol. The third-order valence-corrected chi connectivity index (χ3v) is 2.15. The molecule has 8 heteroatoms. The summed E-state index contributed by atoms with van der Waals surface area (Å²) in [5.74, 6) is -0.531. The smallest absolute Gasteiger partial charge is 0.397 e. The van der Waals surface area contributed by atoms with Crippen LogP contribution in [0.3, 0.4) is 0 Å². The van der Waals surface area contributed by atoms with E-state index in [-0.39, 0.29) is 5.69 Å². The molecule has 16 heavy (non-hydrogen) atoms. The molecule has 2 N–H and O–H groups in total. The van der Waals surface area contributed by atoms with E-state index in [1.807, 2.05) is 0 Å². The maximum Gasteiger partial charge on any atom is 0.433 e. The number of hydrogen-bond acceptors (Lipinski definition) is 2. The highest BCUT2D eigenvalue weighted by atomic mass is 35.5. The molecule has 0 aliphatic carbocycles. The summed E-state index contributed by atoms with van der Waals surface area (Å²) in [7, 11) is 0. The van der Waals surface area contributed by atoms with Gasteiger partial charge in [-0.15, -0.1) is 11.6 Å². The van der Waals surface area contributed by atoms with Gasteiger partial charge >= 0.3 is 6.18 Å². The third kappa shape index (κ3) is 2.34. The van der Waals surface area contributed by atoms with Crippen molar-refractivity contribution < 1.29 is 22.0 Å². The largest absolute Gasteiger partial charge is 0.433 e. The van der Waals surface area contributed by atoms with Crippen LogP contribution in [0.1, 0.15) is 23.2 Å². The first-order valence-corrected chi connectivity index (χ1v) is 4.51. The summed E-state index contributed by atoms with van der Waals surface area (Å²) in [5.41, 5.74) is 1.63. The standard InChI is InChI=1S/C8H6ClF5N2/c9-1-3-4(15)2-16-6(8(12,13)14)5(3)7(10)11/h2,7H,1,15H2. The summed E-state index contributed by atoms with van der Waals surface area (Å²) in [4.78, 5) is 2.89. The molecule has 0 saturated heterocycles. The number of hydrogen-bond donors (Lipinski definition) is 1. The van der Waals surface area contributed by atoms with Crippen molar-refractivity contribution in [1.82, 2.24) is 4.98 Å². The molecule has 0 saturated carbocycles. The van der Waals surface area contributed by atoms with Gasteiger partial charge in [0.1, 0.15) is 0 Å². The lowest BCUT2D eigenvalue weighted by Crippen LogP contribution is -2.15. The molecule has 90 valence electrons. The van der Waals surface area contributed by atoms with Gasteiger partial charge in [0.05, 0.1) is 23.3 Å². The molecule has 0 bridgehead atoms. The van der Waals surface area contributed by atoms with E-state index in [1.54, 1.807) is 0 Å². The van der Waals surface area contributed by atoms with Crippen molar-refractivity contribution in [2.75, 3.05) is 5.73 Å². The summed E-state index contributed by atoms with van der Waals surface area (Å²) in [5, 5.41) is 0. The van der Waals surface area contributed by atoms with E-state index in [0.29, 0.717) is 6.20 Å². The van der Waals surface area contributed by atoms with Gasteiger partial charge in [-0.05, 0) is 0 Å². The van der Waals surface area contributed by atoms with Crippen LogP contribution in [0, 0.1) is 0 Å². The van der Waals surface area contributed by atoms with Crippen LogP contribution in [0.4, 0.5) is 27.6 Å². The molecule has 1 aromatic rings. The van der Waals surface area contributed by atoms with Crippen molar-refractivity contribution in [3.8, 4) is 0 Å². The first-order chi connectivity index (χ1) is 7.29. The summed E-state index contributed by atoms with van der Waals surface area (Å²) in [6, 6.07) is 0. The number of rotatable bonds is 2. The second kappa shape index (κ2) is 4.40. The zero-order valence-electron chi connectivity index (χ0n) is 7.65. The van der Waals surface area contributed by atoms with Crippen molar-refractivity contribution in [3.63, 3.8) is 0 Å². The summed E-state index contributed by atoms with van der Waals surface area (Å²) >= 11 is 5.30. The molecule has 0 amide bonds. The minimum atomic E-state index is -4.96. The van der Waals surface area contributed by atoms with Crippen LogP contribution in [-0.4, -0.2) is 4.98 Å². The highest BCUT2D eigenvalue weighted by Crippen LogP contribution is 2.38. The number of nitrogens with two attached hydrogens (primary N) is 1. The van der Waals surface area contributed by atoms with Crippen molar-refractivity contribution >= 4 is 17.3 Å². The minimum absolute atomic E-state index is 0.279. The average Bonchev–Trinajstić information content (AvgIpc) is 2.14. The first-order valence-electron chi connectivity index (χ1n) is 3.97. The Morgan fingerprint density at radius 1 is 1.38 bits per heavy atom. The Hall–Kier alpha value is -1.11. The average molecular weight is 261 g/mol. The fourth-order valence-corrected chi connectivity index (χ4v) is 1.49. The van der Waals surface area contributed by atoms with Crippen LogP contribution < -0.4 is 5.73 Å². The number of halogens is 6. The Labute approximate surface area is 92.2 Å². The molecule has 0 unspecified atom stereocenters. The zero-order valence-corrected chi connectivity index (χ0v) is 8.41. The topological polar surface area (TPSA) is 38.9 Å². The second-order valence-electron chi connectivity index (χ2n) is 2.89. The fourth-order valence-electron chi connectivity index (χ4n) is 1.19. The highest BCUT2D eigenvalue weighted by Gasteiger charge is 2.39. The van der Waals surface area contributed by atoms with Crippen LogP contribution in [-0.2, 0) is 12.1 Å². The Kier molecular flexibility index (Phi) is 3.57. The normalized spacial score (nSPS) is 12.2. The molecular weight excluding hydrogens is 255 g/mol. The molecule has 0 aliphatic rings. The number of anilines is 1. The van der Waals surface area contributed by atoms with Crippen LogP contribution in [0.25, 0.3) is 0 Å². The van der Waals surface area contributed by atoms with Gasteiger partial charge in [-0.3, -0.25) is 0 Å². The van der Waals surface area contributed by atoms with Crippen molar-refractivity contribution in [1.29, 1.82) is 0 Å². The SMILES string of the molecule is Nc1cnc(C(F)(F)F)c(C(F)F)c1CCl. The molecule has 1 aromatic heterocycles. The van der Waals surface area contributed by atoms with Crippen LogP contribution >= 0.6 is 11.6 Å². The number of nitrogen functional groups attached to an aromatic ring is 1. The molecule has 1 rings (SSSR count). The van der Waals surface area contributed by atoms with Crippen LogP contribution in [0.5, 0.6) is 0 Å². The van der Waals surface area contributed by atoms with E-state index >= 15 is 0 Å². The van der Waals surface area contributed by atoms with E-state index < -0.39 is 35.3 Å². The molecule has 0 radical (unpaired) electrons. The van der Waals surface area contributed by atoms with Gasteiger partial charge in [-0.25, -0.2) is 13.8 Å². The maximum atomic E-state index is 12.5. The lowest BCUT2D eigenvalue weighted by Gasteiger charge is -2.15. The van der Waals surface area contributed by atoms with Gasteiger partial charge in [-0.2, -0.15) is 13.2 Å². The Balaban J connectivity index is 3.52. The number of pyridine rings is 1. The molecule has 2 nitrogen and oxygen atoms in total. The molecule has 0 atom stereocenters. The predicted octanol–water partition coefficient (Wildman–Crippen LogP) is 3.36. The zero-order chi connectivity index (χ0) is 12.5. The highest BCUT2D eigenvalue weighted by molar-refractivity contribution is 6.17. The Morgan fingerprint density at radius 3 is 2.31 bits per heavy atom. The first kappa shape index (κ1) is 13.0. The fraction of sp³-hybridized carbons (Fsp3) is 0.375. The third-order valence-electron chi connectivity index (χ3n) is 1.88. The van der Waals surface area contributed by atoms with E-state index in [0.717, 1.165) is 0 Å². The molecule has 0 aromatic carbocycles. The molecule has 0 aliphatic heterocycles. The molecular formula is C8H6ClF5N2. The second-order valence-corrected chi connectivity index (χ2v) is 3.15. The van der Waals surface area contributed by atoms with Crippen LogP contribution in [0.15, 0.2) is 6.20 Å². The van der Waals surface area contributed by atoms with E-state index in [4.69, 9.17) is 17.3 Å². The molecule has 0 fully saturated rings. The summed E-state index contributed by atoms with van der Waals surface area (Å²) in [6.07, 6.45) is -7.62. The van der Waals surface area contributed by atoms with E-state index in [2.05, 4.69) is 4.98 Å². The quantitative estimate of drug-likeness (QED) is 0.654. The Bertz CT molecular complexity index is 391. The van der Waals surface area contributed by atoms with Gasteiger partial charge in [0, 0.05) is 5.56 Å². The summed E-state index contributed by atoms with van der Waals surface area (Å²) in [6.45, 7) is 0. The van der Waals surface area contributed by atoms with Gasteiger partial charge in [0.25, 0.3) is 6.43 Å². The molecule has 0 spiro atoms. The maximum absolute atomic E-state index is 12.5. The van der Waals surface area contributed by atoms with Crippen molar-refractivity contribution in [2.45, 2.75) is 18.5 Å². The number of aromatic nitrogens is 1. The molecule has 1 heterocycles. The van der Waals surface area contributed by atoms with Gasteiger partial charge in [0.2, 0.25) is 0 Å². The minimum Gasteiger partial charge on any atom is -0.397 e. The number of alkyl halides is 6. The lowest BCUT2D eigenvalue weighted by atomic mass is 10.1. The van der Waals surface area contributed by atoms with Crippen molar-refractivity contribution in [3.05, 3.63) is 23.0 Å².